The van der Waals surface area contributed by atoms with Crippen molar-refractivity contribution in [1.29, 1.82) is 0 Å². The summed E-state index contributed by atoms with van der Waals surface area (Å²) in [4.78, 5) is 19.6. The number of carbonyl (C=O) groups is 2. The van der Waals surface area contributed by atoms with Crippen molar-refractivity contribution in [2.24, 2.45) is 0 Å². The third-order valence-electron chi connectivity index (χ3n) is 1.63. The Morgan fingerprint density at radius 1 is 0.900 bits per heavy atom. The molecule has 86 valence electrons. The molecule has 0 saturated heterocycles. The molecule has 12 heteroatoms. The summed E-state index contributed by atoms with van der Waals surface area (Å²) in [6.07, 6.45) is 0. The van der Waals surface area contributed by atoms with Crippen molar-refractivity contribution < 1.29 is 151 Å². The first kappa shape index (κ1) is 30.0. The van der Waals surface area contributed by atoms with Gasteiger partial charge in [-0.2, -0.15) is 18.2 Å². The van der Waals surface area contributed by atoms with E-state index in [1.165, 1.54) is 0 Å². The maximum absolute atomic E-state index is 10.7. The molecule has 7 nitrogen and oxygen atoms in total. The molecule has 1 aromatic carbocycles. The number of rotatable bonds is 3. The minimum Gasteiger partial charge on any atom is -0.746 e. The number of aromatic carboxylic acids is 2. The normalized spacial score (nSPS) is 8.85. The first-order chi connectivity index (χ1) is 7.25. The predicted molar refractivity (Wildman–Crippen MR) is 41.9 cm³/mol. The van der Waals surface area contributed by atoms with Gasteiger partial charge in [0.2, 0.25) is 0 Å². The number of carbonyl (C=O) groups excluding carboxylic acids is 2. The van der Waals surface area contributed by atoms with Gasteiger partial charge in [-0.1, -0.05) is 11.1 Å². The minimum absolute atomic E-state index is 0. The number of hydrogen-bond acceptors (Lipinski definition) is 7. The van der Waals surface area contributed by atoms with Crippen LogP contribution >= 0.6 is 0 Å². The quantitative estimate of drug-likeness (QED) is 0.304. The maximum atomic E-state index is 10.7. The molecule has 0 aromatic heterocycles. The van der Waals surface area contributed by atoms with E-state index in [1.54, 1.807) is 0 Å². The Morgan fingerprint density at radius 3 is 1.40 bits per heavy atom. The van der Waals surface area contributed by atoms with E-state index >= 15 is 0 Å². The Kier molecular flexibility index (Phi) is 18.7. The molecule has 20 heavy (non-hydrogen) atoms. The molecule has 0 aliphatic rings. The smallest absolute Gasteiger partial charge is 0.746 e. The predicted octanol–water partition coefficient (Wildman–Crippen LogP) is -14.9. The van der Waals surface area contributed by atoms with Crippen molar-refractivity contribution >= 4 is 22.1 Å². The van der Waals surface area contributed by atoms with Crippen molar-refractivity contribution in [1.82, 2.24) is 0 Å². The van der Waals surface area contributed by atoms with E-state index in [0.717, 1.165) is 0 Å². The molecule has 0 fully saturated rings. The summed E-state index contributed by atoms with van der Waals surface area (Å²) >= 11 is 0. The first-order valence-corrected chi connectivity index (χ1v) is 5.08. The third-order valence-corrected chi connectivity index (χ3v) is 2.57. The molecule has 0 unspecified atom stereocenters. The summed E-state index contributed by atoms with van der Waals surface area (Å²) in [5.74, 6) is -3.98. The number of benzene rings is 1. The van der Waals surface area contributed by atoms with E-state index in [0.29, 0.717) is 12.1 Å². The van der Waals surface area contributed by atoms with Crippen LogP contribution in [0, 0.1) is 6.07 Å². The van der Waals surface area contributed by atoms with Gasteiger partial charge in [-0.15, -0.1) is 0 Å². The number of carboxylic acids is 2. The largest absolute Gasteiger partial charge is 1.00 e. The second-order valence-electron chi connectivity index (χ2n) is 2.64. The number of carboxylic acid groups (broad SMARTS) is 2. The molecule has 0 amide bonds. The fourth-order valence-corrected chi connectivity index (χ4v) is 1.88. The molecular weight excluding hydrogens is 332 g/mol. The summed E-state index contributed by atoms with van der Waals surface area (Å²) in [7, 11) is -5.27. The zero-order valence-electron chi connectivity index (χ0n) is 11.4. The average molecular weight is 334 g/mol. The number of hydrogen-bond donors (Lipinski definition) is 0. The molecule has 0 saturated carbocycles. The zero-order chi connectivity index (χ0) is 12.5. The minimum atomic E-state index is -5.27. The van der Waals surface area contributed by atoms with Crippen LogP contribution in [-0.2, 0) is 10.1 Å². The summed E-state index contributed by atoms with van der Waals surface area (Å²) in [6, 6.07) is 3.32. The second-order valence-corrected chi connectivity index (χ2v) is 3.96. The average Bonchev–Trinajstić information content (AvgIpc) is 2.15. The van der Waals surface area contributed by atoms with Gasteiger partial charge in [0.05, 0.1) is 0 Å². The van der Waals surface area contributed by atoms with Gasteiger partial charge in [0.15, 0.2) is 0 Å². The van der Waals surface area contributed by atoms with Crippen LogP contribution in [0.15, 0.2) is 17.0 Å². The van der Waals surface area contributed by atoms with E-state index in [1.807, 2.05) is 0 Å². The standard InChI is InChI=1S/C8H5O7S.4Na/c9-7(10)4-2-1-3-5(8(11)12)6(4)16(13,14)15;;;;/h2-3H,(H,9,10)(H,11,12)(H,13,14,15);;;;/q-1;4*+1/p-3. The van der Waals surface area contributed by atoms with Gasteiger partial charge in [0, 0.05) is 11.9 Å². The molecule has 0 spiro atoms. The molecule has 0 heterocycles. The van der Waals surface area contributed by atoms with E-state index in [4.69, 9.17) is 0 Å². The molecule has 0 aliphatic heterocycles. The second kappa shape index (κ2) is 12.5. The summed E-state index contributed by atoms with van der Waals surface area (Å²) in [6.45, 7) is 0. The summed E-state index contributed by atoms with van der Waals surface area (Å²) in [5.41, 5.74) is -2.12. The molecule has 0 atom stereocenters. The Balaban J connectivity index is -0.000000320. The van der Waals surface area contributed by atoms with Crippen LogP contribution in [0.5, 0.6) is 0 Å². The zero-order valence-corrected chi connectivity index (χ0v) is 20.2. The molecule has 1 aromatic rings. The van der Waals surface area contributed by atoms with Gasteiger partial charge in [0.1, 0.15) is 10.1 Å². The van der Waals surface area contributed by atoms with E-state index in [9.17, 15) is 32.8 Å². The maximum Gasteiger partial charge on any atom is 1.00 e. The molecule has 0 bridgehead atoms. The fraction of sp³-hybridized carbons (Fsp3) is 0. The fourth-order valence-electron chi connectivity index (χ4n) is 1.06. The monoisotopic (exact) mass is 334 g/mol. The van der Waals surface area contributed by atoms with Crippen LogP contribution in [0.25, 0.3) is 0 Å². The van der Waals surface area contributed by atoms with Crippen molar-refractivity contribution in [3.05, 3.63) is 29.3 Å². The van der Waals surface area contributed by atoms with Gasteiger partial charge in [0.25, 0.3) is 0 Å². The van der Waals surface area contributed by atoms with Gasteiger partial charge in [-0.05, 0) is 4.90 Å². The van der Waals surface area contributed by atoms with Gasteiger partial charge < -0.3 is 24.4 Å². The molecule has 0 aliphatic carbocycles. The van der Waals surface area contributed by atoms with Gasteiger partial charge in [-0.3, -0.25) is 0 Å². The summed E-state index contributed by atoms with van der Waals surface area (Å²) < 4.78 is 32.2. The van der Waals surface area contributed by atoms with Gasteiger partial charge in [-0.25, -0.2) is 8.42 Å². The molecule has 0 radical (unpaired) electrons. The van der Waals surface area contributed by atoms with E-state index in [2.05, 4.69) is 6.07 Å². The summed E-state index contributed by atoms with van der Waals surface area (Å²) in [5, 5.41) is 21.0. The van der Waals surface area contributed by atoms with Crippen LogP contribution in [0.2, 0.25) is 0 Å². The topological polar surface area (TPSA) is 137 Å². The van der Waals surface area contributed by atoms with Crippen molar-refractivity contribution in [2.45, 2.75) is 4.90 Å². The molecule has 0 N–H and O–H groups in total. The van der Waals surface area contributed by atoms with Crippen molar-refractivity contribution in [3.63, 3.8) is 0 Å². The Labute approximate surface area is 203 Å². The van der Waals surface area contributed by atoms with Crippen LogP contribution in [0.3, 0.4) is 0 Å². The van der Waals surface area contributed by atoms with Crippen molar-refractivity contribution in [3.8, 4) is 0 Å². The van der Waals surface area contributed by atoms with Crippen LogP contribution in [0.1, 0.15) is 20.7 Å². The Morgan fingerprint density at radius 2 is 1.20 bits per heavy atom. The van der Waals surface area contributed by atoms with Gasteiger partial charge >= 0.3 is 118 Å². The van der Waals surface area contributed by atoms with E-state index in [-0.39, 0.29) is 118 Å². The van der Waals surface area contributed by atoms with E-state index < -0.39 is 38.1 Å². The Bertz CT molecular complexity index is 540. The Hall–Kier alpha value is 2.07. The first-order valence-electron chi connectivity index (χ1n) is 3.68. The third kappa shape index (κ3) is 8.07. The van der Waals surface area contributed by atoms with Crippen LogP contribution in [-0.4, -0.2) is 24.9 Å². The van der Waals surface area contributed by atoms with Crippen LogP contribution < -0.4 is 128 Å². The molecular formula is C8H2Na4O7S. The van der Waals surface area contributed by atoms with Crippen molar-refractivity contribution in [2.75, 3.05) is 0 Å². The SMILES string of the molecule is O=C([O-])c1c[c-]cc(C(=O)[O-])c1S(=O)(=O)[O-].[Na+].[Na+].[Na+].[Na+]. The van der Waals surface area contributed by atoms with Crippen LogP contribution in [0.4, 0.5) is 0 Å². The molecule has 1 rings (SSSR count).